The standard InChI is InChI=1S/C18H31BrN2O2.2ClH/c1-4-7-8-9-11-22-17-14-15(20)13-16(19)18(17)23-12-10-21(5-2)6-3;;/h13-14H,4-12,20H2,1-3H3;2*1H. The van der Waals surface area contributed by atoms with Gasteiger partial charge in [-0.3, -0.25) is 0 Å². The van der Waals surface area contributed by atoms with E-state index < -0.39 is 0 Å². The van der Waals surface area contributed by atoms with Gasteiger partial charge in [-0.05, 0) is 41.5 Å². The van der Waals surface area contributed by atoms with Crippen molar-refractivity contribution in [3.05, 3.63) is 16.6 Å². The molecule has 0 aromatic heterocycles. The number of hydrogen-bond acceptors (Lipinski definition) is 4. The summed E-state index contributed by atoms with van der Waals surface area (Å²) in [5.41, 5.74) is 6.60. The van der Waals surface area contributed by atoms with Crippen LogP contribution in [-0.2, 0) is 0 Å². The van der Waals surface area contributed by atoms with E-state index in [0.29, 0.717) is 18.9 Å². The molecular formula is C18H33BrCl2N2O2. The number of benzene rings is 1. The Kier molecular flexibility index (Phi) is 17.0. The van der Waals surface area contributed by atoms with Gasteiger partial charge in [0.15, 0.2) is 11.5 Å². The Balaban J connectivity index is 0. The fourth-order valence-electron chi connectivity index (χ4n) is 2.36. The number of nitrogen functional groups attached to an aromatic ring is 1. The van der Waals surface area contributed by atoms with Gasteiger partial charge in [-0.15, -0.1) is 24.8 Å². The summed E-state index contributed by atoms with van der Waals surface area (Å²) in [5, 5.41) is 0. The smallest absolute Gasteiger partial charge is 0.175 e. The van der Waals surface area contributed by atoms with E-state index in [4.69, 9.17) is 15.2 Å². The Morgan fingerprint density at radius 1 is 0.960 bits per heavy atom. The molecule has 0 heterocycles. The van der Waals surface area contributed by atoms with Crippen molar-refractivity contribution < 1.29 is 9.47 Å². The van der Waals surface area contributed by atoms with Crippen molar-refractivity contribution in [1.29, 1.82) is 0 Å². The molecule has 1 rings (SSSR count). The third kappa shape index (κ3) is 10.4. The first-order chi connectivity index (χ1) is 11.1. The molecule has 0 saturated heterocycles. The van der Waals surface area contributed by atoms with E-state index in [1.54, 1.807) is 0 Å². The van der Waals surface area contributed by atoms with Crippen molar-refractivity contribution in [2.75, 3.05) is 38.6 Å². The highest BCUT2D eigenvalue weighted by Crippen LogP contribution is 2.37. The fraction of sp³-hybridized carbons (Fsp3) is 0.667. The summed E-state index contributed by atoms with van der Waals surface area (Å²) in [7, 11) is 0. The van der Waals surface area contributed by atoms with Gasteiger partial charge in [0, 0.05) is 18.3 Å². The van der Waals surface area contributed by atoms with Gasteiger partial charge in [0.05, 0.1) is 11.1 Å². The second-order valence-electron chi connectivity index (χ2n) is 5.61. The predicted octanol–water partition coefficient (Wildman–Crippen LogP) is 5.55. The van der Waals surface area contributed by atoms with E-state index in [0.717, 1.165) is 42.0 Å². The number of anilines is 1. The molecule has 7 heteroatoms. The third-order valence-electron chi connectivity index (χ3n) is 3.84. The van der Waals surface area contributed by atoms with E-state index in [-0.39, 0.29) is 24.8 Å². The van der Waals surface area contributed by atoms with Crippen LogP contribution in [0.25, 0.3) is 0 Å². The molecule has 0 aliphatic carbocycles. The van der Waals surface area contributed by atoms with Crippen molar-refractivity contribution >= 4 is 46.4 Å². The predicted molar refractivity (Wildman–Crippen MR) is 116 cm³/mol. The first kappa shape index (κ1) is 26.9. The van der Waals surface area contributed by atoms with Crippen LogP contribution >= 0.6 is 40.7 Å². The zero-order valence-electron chi connectivity index (χ0n) is 15.6. The van der Waals surface area contributed by atoms with E-state index >= 15 is 0 Å². The first-order valence-corrected chi connectivity index (χ1v) is 9.48. The van der Waals surface area contributed by atoms with Gasteiger partial charge in [-0.25, -0.2) is 0 Å². The minimum atomic E-state index is 0. The maximum absolute atomic E-state index is 5.97. The van der Waals surface area contributed by atoms with Crippen molar-refractivity contribution in [2.24, 2.45) is 0 Å². The quantitative estimate of drug-likeness (QED) is 0.328. The van der Waals surface area contributed by atoms with Crippen molar-refractivity contribution in [1.82, 2.24) is 4.90 Å². The van der Waals surface area contributed by atoms with Crippen molar-refractivity contribution in [2.45, 2.75) is 46.5 Å². The molecule has 0 spiro atoms. The molecule has 0 aliphatic rings. The molecule has 0 bridgehead atoms. The van der Waals surface area contributed by atoms with Crippen LogP contribution in [0, 0.1) is 0 Å². The fourth-order valence-corrected chi connectivity index (χ4v) is 2.94. The average molecular weight is 460 g/mol. The van der Waals surface area contributed by atoms with Gasteiger partial charge < -0.3 is 20.1 Å². The van der Waals surface area contributed by atoms with Gasteiger partial charge >= 0.3 is 0 Å². The number of rotatable bonds is 12. The summed E-state index contributed by atoms with van der Waals surface area (Å²) < 4.78 is 12.7. The summed E-state index contributed by atoms with van der Waals surface area (Å²) >= 11 is 3.53. The topological polar surface area (TPSA) is 47.7 Å². The van der Waals surface area contributed by atoms with Crippen LogP contribution in [0.4, 0.5) is 5.69 Å². The molecule has 1 aromatic rings. The van der Waals surface area contributed by atoms with Crippen LogP contribution in [0.15, 0.2) is 16.6 Å². The maximum atomic E-state index is 5.97. The minimum Gasteiger partial charge on any atom is -0.490 e. The Hall–Kier alpha value is -0.360. The number of nitrogens with zero attached hydrogens (tertiary/aromatic N) is 1. The summed E-state index contributed by atoms with van der Waals surface area (Å²) in [6.07, 6.45) is 4.72. The molecule has 4 nitrogen and oxygen atoms in total. The lowest BCUT2D eigenvalue weighted by molar-refractivity contribution is 0.211. The highest BCUT2D eigenvalue weighted by molar-refractivity contribution is 9.10. The van der Waals surface area contributed by atoms with Crippen LogP contribution in [0.3, 0.4) is 0 Å². The van der Waals surface area contributed by atoms with Crippen LogP contribution in [-0.4, -0.2) is 37.7 Å². The van der Waals surface area contributed by atoms with Crippen LogP contribution in [0.2, 0.25) is 0 Å². The van der Waals surface area contributed by atoms with Gasteiger partial charge in [0.25, 0.3) is 0 Å². The second-order valence-corrected chi connectivity index (χ2v) is 6.47. The lowest BCUT2D eigenvalue weighted by Crippen LogP contribution is -2.28. The zero-order valence-corrected chi connectivity index (χ0v) is 18.8. The SMILES string of the molecule is CCCCCCOc1cc(N)cc(Br)c1OCCN(CC)CC.Cl.Cl. The molecule has 0 saturated carbocycles. The van der Waals surface area contributed by atoms with E-state index in [2.05, 4.69) is 41.6 Å². The zero-order chi connectivity index (χ0) is 17.1. The number of ether oxygens (including phenoxy) is 2. The molecule has 0 radical (unpaired) electrons. The van der Waals surface area contributed by atoms with E-state index in [1.165, 1.54) is 19.3 Å². The average Bonchev–Trinajstić information content (AvgIpc) is 2.53. The van der Waals surface area contributed by atoms with E-state index in [9.17, 15) is 0 Å². The lowest BCUT2D eigenvalue weighted by Gasteiger charge is -2.20. The molecule has 0 unspecified atom stereocenters. The Morgan fingerprint density at radius 2 is 1.64 bits per heavy atom. The Bertz CT molecular complexity index is 461. The van der Waals surface area contributed by atoms with Crippen LogP contribution < -0.4 is 15.2 Å². The molecule has 1 aromatic carbocycles. The highest BCUT2D eigenvalue weighted by atomic mass is 79.9. The monoisotopic (exact) mass is 458 g/mol. The second kappa shape index (κ2) is 15.9. The maximum Gasteiger partial charge on any atom is 0.175 e. The molecular weight excluding hydrogens is 427 g/mol. The van der Waals surface area contributed by atoms with Crippen LogP contribution in [0.5, 0.6) is 11.5 Å². The summed E-state index contributed by atoms with van der Waals surface area (Å²) in [4.78, 5) is 2.33. The number of unbranched alkanes of at least 4 members (excludes halogenated alkanes) is 3. The molecule has 0 atom stereocenters. The molecule has 0 fully saturated rings. The summed E-state index contributed by atoms with van der Waals surface area (Å²) in [6.45, 7) is 10.8. The van der Waals surface area contributed by atoms with Gasteiger partial charge in [-0.1, -0.05) is 40.0 Å². The van der Waals surface area contributed by atoms with Crippen molar-refractivity contribution in [3.8, 4) is 11.5 Å². The largest absolute Gasteiger partial charge is 0.490 e. The molecule has 25 heavy (non-hydrogen) atoms. The number of hydrogen-bond donors (Lipinski definition) is 1. The Morgan fingerprint density at radius 3 is 2.24 bits per heavy atom. The third-order valence-corrected chi connectivity index (χ3v) is 4.42. The normalized spacial score (nSPS) is 10.1. The number of likely N-dealkylation sites (N-methyl/N-ethyl adjacent to an activating group) is 1. The number of halogens is 3. The van der Waals surface area contributed by atoms with Gasteiger partial charge in [0.1, 0.15) is 6.61 Å². The Labute approximate surface area is 173 Å². The first-order valence-electron chi connectivity index (χ1n) is 8.69. The molecule has 148 valence electrons. The van der Waals surface area contributed by atoms with Crippen LogP contribution in [0.1, 0.15) is 46.5 Å². The van der Waals surface area contributed by atoms with Crippen molar-refractivity contribution in [3.63, 3.8) is 0 Å². The van der Waals surface area contributed by atoms with E-state index in [1.807, 2.05) is 12.1 Å². The number of nitrogens with two attached hydrogens (primary N) is 1. The molecule has 0 aliphatic heterocycles. The summed E-state index contributed by atoms with van der Waals surface area (Å²) in [5.74, 6) is 1.48. The summed E-state index contributed by atoms with van der Waals surface area (Å²) in [6, 6.07) is 3.70. The van der Waals surface area contributed by atoms with Gasteiger partial charge in [0.2, 0.25) is 0 Å². The lowest BCUT2D eigenvalue weighted by atomic mass is 10.2. The van der Waals surface area contributed by atoms with Gasteiger partial charge in [-0.2, -0.15) is 0 Å². The minimum absolute atomic E-state index is 0. The molecule has 2 N–H and O–H groups in total. The highest BCUT2D eigenvalue weighted by Gasteiger charge is 2.12. The molecule has 0 amide bonds.